The lowest BCUT2D eigenvalue weighted by molar-refractivity contribution is -0.149. The molecular formula is C20H27N3O2. The lowest BCUT2D eigenvalue weighted by Crippen LogP contribution is -2.51. The number of H-pyrrole nitrogens is 1. The highest BCUT2D eigenvalue weighted by Crippen LogP contribution is 2.22. The summed E-state index contributed by atoms with van der Waals surface area (Å²) in [6.45, 7) is 5.52. The molecule has 5 nitrogen and oxygen atoms in total. The summed E-state index contributed by atoms with van der Waals surface area (Å²) in [6.07, 6.45) is 5.96. The molecule has 1 saturated heterocycles. The van der Waals surface area contributed by atoms with Crippen LogP contribution in [0.1, 0.15) is 38.7 Å². The summed E-state index contributed by atoms with van der Waals surface area (Å²) in [6, 6.07) is 8.13. The van der Waals surface area contributed by atoms with Crippen molar-refractivity contribution in [3.63, 3.8) is 0 Å². The second-order valence-corrected chi connectivity index (χ2v) is 7.34. The van der Waals surface area contributed by atoms with Gasteiger partial charge in [0, 0.05) is 36.7 Å². The summed E-state index contributed by atoms with van der Waals surface area (Å²) < 4.78 is 0. The Labute approximate surface area is 148 Å². The molecule has 1 fully saturated rings. The summed E-state index contributed by atoms with van der Waals surface area (Å²) in [5.41, 5.74) is 1.26. The third kappa shape index (κ3) is 3.70. The van der Waals surface area contributed by atoms with Crippen molar-refractivity contribution in [2.45, 2.75) is 39.5 Å². The maximum Gasteiger partial charge on any atom is 0.237 e. The fourth-order valence-electron chi connectivity index (χ4n) is 3.46. The molecule has 2 heterocycles. The number of aromatic nitrogens is 1. The number of para-hydroxylation sites is 1. The number of aromatic amines is 1. The Bertz CT molecular complexity index is 757. The largest absolute Gasteiger partial charge is 0.361 e. The molecule has 1 aromatic carbocycles. The molecule has 0 aliphatic carbocycles. The maximum absolute atomic E-state index is 12.7. The van der Waals surface area contributed by atoms with Crippen LogP contribution in [0.15, 0.2) is 30.5 Å². The number of piperidine rings is 1. The van der Waals surface area contributed by atoms with Gasteiger partial charge in [0.1, 0.15) is 5.41 Å². The summed E-state index contributed by atoms with van der Waals surface area (Å²) in [5.74, 6) is -0.250. The molecule has 0 radical (unpaired) electrons. The number of benzene rings is 1. The Morgan fingerprint density at radius 3 is 2.64 bits per heavy atom. The second kappa shape index (κ2) is 7.30. The maximum atomic E-state index is 12.7. The van der Waals surface area contributed by atoms with Crippen LogP contribution < -0.4 is 5.32 Å². The van der Waals surface area contributed by atoms with Gasteiger partial charge in [0.15, 0.2) is 0 Å². The van der Waals surface area contributed by atoms with Crippen LogP contribution in [0.2, 0.25) is 0 Å². The van der Waals surface area contributed by atoms with Crippen molar-refractivity contribution in [1.29, 1.82) is 0 Å². The first kappa shape index (κ1) is 17.5. The molecule has 0 spiro atoms. The number of nitrogens with zero attached hydrogens (tertiary/aromatic N) is 1. The van der Waals surface area contributed by atoms with E-state index < -0.39 is 5.41 Å². The van der Waals surface area contributed by atoms with Gasteiger partial charge in [-0.3, -0.25) is 9.59 Å². The minimum Gasteiger partial charge on any atom is -0.361 e. The molecule has 2 aromatic rings. The fraction of sp³-hybridized carbons (Fsp3) is 0.500. The number of carbonyl (C=O) groups excluding carboxylic acids is 2. The first-order valence-electron chi connectivity index (χ1n) is 9.13. The van der Waals surface area contributed by atoms with E-state index >= 15 is 0 Å². The second-order valence-electron chi connectivity index (χ2n) is 7.34. The van der Waals surface area contributed by atoms with Gasteiger partial charge in [0.25, 0.3) is 0 Å². The van der Waals surface area contributed by atoms with Gasteiger partial charge in [0.2, 0.25) is 11.8 Å². The Morgan fingerprint density at radius 1 is 1.16 bits per heavy atom. The molecule has 0 bridgehead atoms. The number of amides is 2. The van der Waals surface area contributed by atoms with Gasteiger partial charge in [-0.05, 0) is 51.2 Å². The van der Waals surface area contributed by atoms with Crippen LogP contribution in [0.25, 0.3) is 10.9 Å². The summed E-state index contributed by atoms with van der Waals surface area (Å²) in [4.78, 5) is 30.3. The summed E-state index contributed by atoms with van der Waals surface area (Å²) >= 11 is 0. The van der Waals surface area contributed by atoms with Crippen LogP contribution in [0.5, 0.6) is 0 Å². The number of hydrogen-bond acceptors (Lipinski definition) is 2. The number of likely N-dealkylation sites (tertiary alicyclic amines) is 1. The van der Waals surface area contributed by atoms with Crippen molar-refractivity contribution in [3.8, 4) is 0 Å². The van der Waals surface area contributed by atoms with E-state index in [0.29, 0.717) is 6.54 Å². The highest BCUT2D eigenvalue weighted by atomic mass is 16.2. The normalized spacial score (nSPS) is 15.4. The van der Waals surface area contributed by atoms with Crippen molar-refractivity contribution < 1.29 is 9.59 Å². The molecule has 1 aliphatic rings. The van der Waals surface area contributed by atoms with E-state index in [1.54, 1.807) is 13.8 Å². The monoisotopic (exact) mass is 341 g/mol. The van der Waals surface area contributed by atoms with E-state index in [9.17, 15) is 9.59 Å². The lowest BCUT2D eigenvalue weighted by atomic mass is 9.89. The molecule has 134 valence electrons. The van der Waals surface area contributed by atoms with Gasteiger partial charge in [0.05, 0.1) is 0 Å². The van der Waals surface area contributed by atoms with Crippen LogP contribution in [0.3, 0.4) is 0 Å². The van der Waals surface area contributed by atoms with Gasteiger partial charge in [-0.25, -0.2) is 0 Å². The highest BCUT2D eigenvalue weighted by Gasteiger charge is 2.39. The molecular weight excluding hydrogens is 314 g/mol. The number of fused-ring (bicyclic) bond motifs is 1. The van der Waals surface area contributed by atoms with Gasteiger partial charge in [-0.15, -0.1) is 0 Å². The summed E-state index contributed by atoms with van der Waals surface area (Å²) in [7, 11) is 0. The molecule has 2 N–H and O–H groups in total. The van der Waals surface area contributed by atoms with Crippen LogP contribution in [-0.2, 0) is 16.0 Å². The van der Waals surface area contributed by atoms with Gasteiger partial charge < -0.3 is 15.2 Å². The van der Waals surface area contributed by atoms with Crippen molar-refractivity contribution in [2.24, 2.45) is 5.41 Å². The van der Waals surface area contributed by atoms with E-state index in [1.807, 2.05) is 29.3 Å². The van der Waals surface area contributed by atoms with Crippen LogP contribution in [0.4, 0.5) is 0 Å². The van der Waals surface area contributed by atoms with Crippen LogP contribution >= 0.6 is 0 Å². The Balaban J connectivity index is 1.56. The smallest absolute Gasteiger partial charge is 0.237 e. The van der Waals surface area contributed by atoms with Crippen LogP contribution in [0, 0.1) is 5.41 Å². The standard InChI is InChI=1S/C20H27N3O2/c1-20(2,19(25)23-12-6-3-7-13-23)18(24)21-11-10-15-14-22-17-9-5-4-8-16(15)17/h4-5,8-9,14,22H,3,6-7,10-13H2,1-2H3,(H,21,24). The number of carbonyl (C=O) groups is 2. The van der Waals surface area contributed by atoms with E-state index in [-0.39, 0.29) is 11.8 Å². The minimum atomic E-state index is -1.02. The highest BCUT2D eigenvalue weighted by molar-refractivity contribution is 6.04. The number of hydrogen-bond donors (Lipinski definition) is 2. The van der Waals surface area contributed by atoms with Crippen LogP contribution in [-0.4, -0.2) is 41.3 Å². The zero-order chi connectivity index (χ0) is 17.9. The minimum absolute atomic E-state index is 0.0585. The van der Waals surface area contributed by atoms with Gasteiger partial charge in [-0.2, -0.15) is 0 Å². The number of nitrogens with one attached hydrogen (secondary N) is 2. The van der Waals surface area contributed by atoms with E-state index in [4.69, 9.17) is 0 Å². The molecule has 2 amide bonds. The van der Waals surface area contributed by atoms with Crippen molar-refractivity contribution in [3.05, 3.63) is 36.0 Å². The van der Waals surface area contributed by atoms with E-state index in [0.717, 1.165) is 37.9 Å². The average Bonchev–Trinajstić information content (AvgIpc) is 3.05. The zero-order valence-electron chi connectivity index (χ0n) is 15.1. The Morgan fingerprint density at radius 2 is 1.88 bits per heavy atom. The molecule has 25 heavy (non-hydrogen) atoms. The SMILES string of the molecule is CC(C)(C(=O)NCCc1c[nH]c2ccccc12)C(=O)N1CCCCC1. The summed E-state index contributed by atoms with van der Waals surface area (Å²) in [5, 5.41) is 4.13. The molecule has 1 aliphatic heterocycles. The Kier molecular flexibility index (Phi) is 5.11. The quantitative estimate of drug-likeness (QED) is 0.821. The first-order valence-corrected chi connectivity index (χ1v) is 9.13. The first-order chi connectivity index (χ1) is 12.0. The zero-order valence-corrected chi connectivity index (χ0v) is 15.1. The van der Waals surface area contributed by atoms with E-state index in [2.05, 4.69) is 16.4 Å². The van der Waals surface area contributed by atoms with Gasteiger partial charge >= 0.3 is 0 Å². The van der Waals surface area contributed by atoms with Crippen molar-refractivity contribution >= 4 is 22.7 Å². The predicted molar refractivity (Wildman–Crippen MR) is 99.2 cm³/mol. The topological polar surface area (TPSA) is 65.2 Å². The number of rotatable bonds is 5. The van der Waals surface area contributed by atoms with Crippen molar-refractivity contribution in [2.75, 3.05) is 19.6 Å². The fourth-order valence-corrected chi connectivity index (χ4v) is 3.46. The molecule has 1 aromatic heterocycles. The molecule has 0 atom stereocenters. The third-order valence-corrected chi connectivity index (χ3v) is 5.10. The molecule has 5 heteroatoms. The average molecular weight is 341 g/mol. The Hall–Kier alpha value is -2.30. The lowest BCUT2D eigenvalue weighted by Gasteiger charge is -2.33. The van der Waals surface area contributed by atoms with Crippen molar-refractivity contribution in [1.82, 2.24) is 15.2 Å². The third-order valence-electron chi connectivity index (χ3n) is 5.10. The molecule has 0 saturated carbocycles. The predicted octanol–water partition coefficient (Wildman–Crippen LogP) is 2.87. The molecule has 3 rings (SSSR count). The van der Waals surface area contributed by atoms with Gasteiger partial charge in [-0.1, -0.05) is 18.2 Å². The van der Waals surface area contributed by atoms with E-state index in [1.165, 1.54) is 17.4 Å². The molecule has 0 unspecified atom stereocenters.